The van der Waals surface area contributed by atoms with E-state index in [1.54, 1.807) is 0 Å². The number of benzene rings is 2. The highest BCUT2D eigenvalue weighted by Crippen LogP contribution is 2.25. The highest BCUT2D eigenvalue weighted by Gasteiger charge is 2.27. The number of likely N-dealkylation sites (tertiary alicyclic amines) is 1. The van der Waals surface area contributed by atoms with E-state index in [2.05, 4.69) is 4.72 Å². The van der Waals surface area contributed by atoms with Crippen molar-refractivity contribution < 1.29 is 31.9 Å². The van der Waals surface area contributed by atoms with Crippen molar-refractivity contribution in [2.75, 3.05) is 17.9 Å². The van der Waals surface area contributed by atoms with Gasteiger partial charge in [-0.25, -0.2) is 17.6 Å². The number of ether oxygens (including phenoxy) is 1. The number of hydrogen-bond donors (Lipinski definition) is 1. The highest BCUT2D eigenvalue weighted by atomic mass is 35.5. The first-order valence-electron chi connectivity index (χ1n) is 8.75. The van der Waals surface area contributed by atoms with Crippen LogP contribution in [-0.2, 0) is 24.3 Å². The Kier molecular flexibility index (Phi) is 6.37. The molecule has 11 heteroatoms. The zero-order valence-corrected chi connectivity index (χ0v) is 17.0. The molecule has 2 aromatic rings. The van der Waals surface area contributed by atoms with Gasteiger partial charge in [-0.3, -0.25) is 19.2 Å². The van der Waals surface area contributed by atoms with Crippen molar-refractivity contribution in [3.8, 4) is 0 Å². The molecule has 0 aromatic heterocycles. The predicted octanol–water partition coefficient (Wildman–Crippen LogP) is 2.59. The monoisotopic (exact) mass is 454 g/mol. The number of nitrogens with one attached hydrogen (secondary N) is 1. The lowest BCUT2D eigenvalue weighted by Gasteiger charge is -2.14. The lowest BCUT2D eigenvalue weighted by molar-refractivity contribution is -0.143. The van der Waals surface area contributed by atoms with E-state index in [-0.39, 0.29) is 35.1 Å². The molecule has 0 radical (unpaired) electrons. The van der Waals surface area contributed by atoms with Crippen LogP contribution in [0.4, 0.5) is 10.1 Å². The van der Waals surface area contributed by atoms with Gasteiger partial charge in [-0.05, 0) is 48.9 Å². The molecule has 3 rings (SSSR count). The molecule has 0 aliphatic carbocycles. The number of esters is 1. The third-order valence-electron chi connectivity index (χ3n) is 4.25. The van der Waals surface area contributed by atoms with Crippen LogP contribution in [0.1, 0.15) is 23.2 Å². The van der Waals surface area contributed by atoms with E-state index in [1.807, 2.05) is 0 Å². The number of anilines is 1. The maximum Gasteiger partial charge on any atom is 0.338 e. The Balaban J connectivity index is 1.73. The molecule has 1 fully saturated rings. The van der Waals surface area contributed by atoms with E-state index in [1.165, 1.54) is 24.3 Å². The Morgan fingerprint density at radius 2 is 1.87 bits per heavy atom. The lowest BCUT2D eigenvalue weighted by atomic mass is 10.2. The molecule has 0 atom stereocenters. The second-order valence-corrected chi connectivity index (χ2v) is 8.43. The minimum atomic E-state index is -4.20. The van der Waals surface area contributed by atoms with Crippen LogP contribution < -0.4 is 4.72 Å². The number of hydrogen-bond acceptors (Lipinski definition) is 6. The van der Waals surface area contributed by atoms with Gasteiger partial charge in [0.15, 0.2) is 6.61 Å². The number of carbonyl (C=O) groups excluding carboxylic acids is 3. The first-order chi connectivity index (χ1) is 14.2. The van der Waals surface area contributed by atoms with Crippen LogP contribution in [0, 0.1) is 5.82 Å². The van der Waals surface area contributed by atoms with Crippen LogP contribution in [0.2, 0.25) is 5.02 Å². The third-order valence-corrected chi connectivity index (χ3v) is 6.12. The average Bonchev–Trinajstić information content (AvgIpc) is 3.13. The highest BCUT2D eigenvalue weighted by molar-refractivity contribution is 7.92. The van der Waals surface area contributed by atoms with Gasteiger partial charge in [0, 0.05) is 18.7 Å². The van der Waals surface area contributed by atoms with Crippen LogP contribution in [-0.4, -0.2) is 44.3 Å². The molecule has 158 valence electrons. The summed E-state index contributed by atoms with van der Waals surface area (Å²) in [7, 11) is -4.20. The van der Waals surface area contributed by atoms with Crippen LogP contribution in [0.3, 0.4) is 0 Å². The first kappa shape index (κ1) is 21.7. The van der Waals surface area contributed by atoms with Crippen molar-refractivity contribution in [3.63, 3.8) is 0 Å². The zero-order chi connectivity index (χ0) is 21.9. The van der Waals surface area contributed by atoms with Gasteiger partial charge in [-0.2, -0.15) is 0 Å². The van der Waals surface area contributed by atoms with Gasteiger partial charge in [0.2, 0.25) is 5.91 Å². The molecule has 2 amide bonds. The van der Waals surface area contributed by atoms with Gasteiger partial charge >= 0.3 is 5.97 Å². The smallest absolute Gasteiger partial charge is 0.338 e. The lowest BCUT2D eigenvalue weighted by Crippen LogP contribution is -2.35. The summed E-state index contributed by atoms with van der Waals surface area (Å²) in [5.74, 6) is -2.47. The van der Waals surface area contributed by atoms with Gasteiger partial charge in [0.05, 0.1) is 10.6 Å². The number of halogens is 2. The molecule has 0 saturated carbocycles. The second-order valence-electron chi connectivity index (χ2n) is 6.38. The Bertz CT molecular complexity index is 1100. The molecule has 0 unspecified atom stereocenters. The minimum absolute atomic E-state index is 0.0984. The topological polar surface area (TPSA) is 110 Å². The van der Waals surface area contributed by atoms with Crippen LogP contribution in [0.5, 0.6) is 0 Å². The Labute approximate surface area is 176 Å². The fourth-order valence-electron chi connectivity index (χ4n) is 2.76. The fourth-order valence-corrected chi connectivity index (χ4v) is 4.35. The maximum absolute atomic E-state index is 13.0. The molecular formula is C19H16ClFN2O6S. The number of imide groups is 1. The number of rotatable bonds is 6. The Morgan fingerprint density at radius 1 is 1.17 bits per heavy atom. The molecular weight excluding hydrogens is 439 g/mol. The average molecular weight is 455 g/mol. The second kappa shape index (κ2) is 8.80. The molecule has 1 N–H and O–H groups in total. The summed E-state index contributed by atoms with van der Waals surface area (Å²) < 4.78 is 45.4. The molecule has 2 aromatic carbocycles. The molecule has 1 aliphatic rings. The SMILES string of the molecule is O=C(OCC(=O)N1CCCC1=O)c1ccc(Cl)c(S(=O)(=O)Nc2ccc(F)cc2)c1. The summed E-state index contributed by atoms with van der Waals surface area (Å²) >= 11 is 5.98. The predicted molar refractivity (Wildman–Crippen MR) is 105 cm³/mol. The minimum Gasteiger partial charge on any atom is -0.452 e. The summed E-state index contributed by atoms with van der Waals surface area (Å²) in [4.78, 5) is 36.4. The van der Waals surface area contributed by atoms with Crippen molar-refractivity contribution in [1.82, 2.24) is 4.90 Å². The first-order valence-corrected chi connectivity index (χ1v) is 10.6. The summed E-state index contributed by atoms with van der Waals surface area (Å²) in [6.45, 7) is -0.378. The van der Waals surface area contributed by atoms with E-state index in [9.17, 15) is 27.2 Å². The number of carbonyl (C=O) groups is 3. The van der Waals surface area contributed by atoms with Gasteiger partial charge < -0.3 is 4.74 Å². The van der Waals surface area contributed by atoms with E-state index < -0.39 is 39.2 Å². The van der Waals surface area contributed by atoms with Crippen molar-refractivity contribution in [1.29, 1.82) is 0 Å². The van der Waals surface area contributed by atoms with E-state index in [4.69, 9.17) is 16.3 Å². The van der Waals surface area contributed by atoms with Gasteiger partial charge in [-0.1, -0.05) is 11.6 Å². The summed E-state index contributed by atoms with van der Waals surface area (Å²) in [5, 5.41) is -0.153. The van der Waals surface area contributed by atoms with Crippen molar-refractivity contribution in [2.45, 2.75) is 17.7 Å². The number of nitrogens with zero attached hydrogens (tertiary/aromatic N) is 1. The molecule has 1 saturated heterocycles. The molecule has 0 bridgehead atoms. The molecule has 0 spiro atoms. The summed E-state index contributed by atoms with van der Waals surface area (Å²) in [5.41, 5.74) is -0.0549. The van der Waals surface area contributed by atoms with Crippen molar-refractivity contribution in [2.24, 2.45) is 0 Å². The standard InChI is InChI=1S/C19H16ClFN2O6S/c20-15-8-3-12(19(26)29-11-18(25)23-9-1-2-17(23)24)10-16(15)30(27,28)22-14-6-4-13(21)5-7-14/h3-8,10,22H,1-2,9,11H2. The maximum atomic E-state index is 13.0. The van der Waals surface area contributed by atoms with Crippen LogP contribution in [0.25, 0.3) is 0 Å². The summed E-state index contributed by atoms with van der Waals surface area (Å²) in [6, 6.07) is 8.05. The Morgan fingerprint density at radius 3 is 2.50 bits per heavy atom. The quantitative estimate of drug-likeness (QED) is 0.672. The normalized spacial score (nSPS) is 13.9. The molecule has 1 aliphatic heterocycles. The number of sulfonamides is 1. The fraction of sp³-hybridized carbons (Fsp3) is 0.211. The van der Waals surface area contributed by atoms with Gasteiger partial charge in [0.1, 0.15) is 10.7 Å². The van der Waals surface area contributed by atoms with E-state index in [0.717, 1.165) is 23.1 Å². The Hall–Kier alpha value is -2.98. The molecule has 8 nitrogen and oxygen atoms in total. The van der Waals surface area contributed by atoms with Gasteiger partial charge in [0.25, 0.3) is 15.9 Å². The summed E-state index contributed by atoms with van der Waals surface area (Å²) in [6.07, 6.45) is 0.817. The van der Waals surface area contributed by atoms with Crippen molar-refractivity contribution >= 4 is 45.1 Å². The van der Waals surface area contributed by atoms with Crippen molar-refractivity contribution in [3.05, 3.63) is 58.9 Å². The van der Waals surface area contributed by atoms with Crippen LogP contribution >= 0.6 is 11.6 Å². The van der Waals surface area contributed by atoms with Gasteiger partial charge in [-0.15, -0.1) is 0 Å². The van der Waals surface area contributed by atoms with E-state index in [0.29, 0.717) is 6.42 Å². The van der Waals surface area contributed by atoms with E-state index >= 15 is 0 Å². The number of amides is 2. The molecule has 1 heterocycles. The van der Waals surface area contributed by atoms with Crippen LogP contribution in [0.15, 0.2) is 47.4 Å². The molecule has 30 heavy (non-hydrogen) atoms. The largest absolute Gasteiger partial charge is 0.452 e. The third kappa shape index (κ3) is 4.95. The zero-order valence-electron chi connectivity index (χ0n) is 15.4.